The second-order valence-electron chi connectivity index (χ2n) is 4.80. The number of aromatic nitrogens is 1. The van der Waals surface area contributed by atoms with E-state index < -0.39 is 0 Å². The summed E-state index contributed by atoms with van der Waals surface area (Å²) in [5.74, 6) is 0. The van der Waals surface area contributed by atoms with Crippen molar-refractivity contribution in [3.63, 3.8) is 0 Å². The van der Waals surface area contributed by atoms with E-state index >= 15 is 0 Å². The van der Waals surface area contributed by atoms with Gasteiger partial charge in [-0.2, -0.15) is 0 Å². The van der Waals surface area contributed by atoms with E-state index in [1.807, 2.05) is 12.1 Å². The molecule has 1 aromatic heterocycles. The van der Waals surface area contributed by atoms with Crippen molar-refractivity contribution in [2.24, 2.45) is 5.73 Å². The molecule has 0 radical (unpaired) electrons. The Labute approximate surface area is 112 Å². The fourth-order valence-corrected chi connectivity index (χ4v) is 2.26. The van der Waals surface area contributed by atoms with Crippen LogP contribution in [0, 0.1) is 6.92 Å². The normalized spacial score (nSPS) is 10.8. The lowest BCUT2D eigenvalue weighted by molar-refractivity contribution is 1.07. The van der Waals surface area contributed by atoms with Crippen LogP contribution in [0.1, 0.15) is 11.1 Å². The molecule has 0 saturated heterocycles. The van der Waals surface area contributed by atoms with Crippen molar-refractivity contribution in [3.8, 4) is 11.3 Å². The fourth-order valence-electron chi connectivity index (χ4n) is 2.26. The zero-order valence-corrected chi connectivity index (χ0v) is 10.9. The molecule has 0 bridgehead atoms. The van der Waals surface area contributed by atoms with Gasteiger partial charge in [0.15, 0.2) is 0 Å². The number of pyridine rings is 1. The topological polar surface area (TPSA) is 38.9 Å². The summed E-state index contributed by atoms with van der Waals surface area (Å²) < 4.78 is 0. The minimum absolute atomic E-state index is 0.556. The summed E-state index contributed by atoms with van der Waals surface area (Å²) in [5, 5.41) is 1.18. The number of fused-ring (bicyclic) bond motifs is 1. The molecule has 0 fully saturated rings. The molecule has 0 spiro atoms. The van der Waals surface area contributed by atoms with Gasteiger partial charge < -0.3 is 5.73 Å². The maximum Gasteiger partial charge on any atom is 0.0709 e. The fraction of sp³-hybridized carbons (Fsp3) is 0.118. The molecule has 2 aromatic carbocycles. The van der Waals surface area contributed by atoms with E-state index in [0.29, 0.717) is 6.54 Å². The largest absolute Gasteiger partial charge is 0.326 e. The average molecular weight is 248 g/mol. The first-order valence-electron chi connectivity index (χ1n) is 6.43. The van der Waals surface area contributed by atoms with Gasteiger partial charge in [-0.15, -0.1) is 0 Å². The highest BCUT2D eigenvalue weighted by atomic mass is 14.7. The van der Waals surface area contributed by atoms with E-state index in [9.17, 15) is 0 Å². The van der Waals surface area contributed by atoms with Crippen molar-refractivity contribution in [1.29, 1.82) is 0 Å². The predicted octanol–water partition coefficient (Wildman–Crippen LogP) is 3.67. The average Bonchev–Trinajstić information content (AvgIpc) is 2.46. The smallest absolute Gasteiger partial charge is 0.0709 e. The molecule has 94 valence electrons. The van der Waals surface area contributed by atoms with Crippen LogP contribution in [0.25, 0.3) is 22.2 Å². The molecule has 0 unspecified atom stereocenters. The highest BCUT2D eigenvalue weighted by Gasteiger charge is 2.02. The van der Waals surface area contributed by atoms with Gasteiger partial charge in [0.25, 0.3) is 0 Å². The molecule has 3 aromatic rings. The summed E-state index contributed by atoms with van der Waals surface area (Å²) in [5.41, 5.74) is 11.2. The predicted molar refractivity (Wildman–Crippen MR) is 79.8 cm³/mol. The molecule has 0 saturated carbocycles. The SMILES string of the molecule is Cc1ccc2nc(-c3cccc(CN)c3)ccc2c1. The summed E-state index contributed by atoms with van der Waals surface area (Å²) in [6.07, 6.45) is 0. The maximum absolute atomic E-state index is 5.68. The van der Waals surface area contributed by atoms with Crippen LogP contribution in [0.2, 0.25) is 0 Å². The quantitative estimate of drug-likeness (QED) is 0.751. The Morgan fingerprint density at radius 1 is 1.00 bits per heavy atom. The molecule has 1 heterocycles. The number of rotatable bonds is 2. The van der Waals surface area contributed by atoms with Crippen molar-refractivity contribution >= 4 is 10.9 Å². The van der Waals surface area contributed by atoms with E-state index in [1.165, 1.54) is 10.9 Å². The van der Waals surface area contributed by atoms with Crippen molar-refractivity contribution in [2.45, 2.75) is 13.5 Å². The number of hydrogen-bond donors (Lipinski definition) is 1. The summed E-state index contributed by atoms with van der Waals surface area (Å²) in [7, 11) is 0. The zero-order valence-electron chi connectivity index (χ0n) is 10.9. The molecule has 2 heteroatoms. The van der Waals surface area contributed by atoms with Gasteiger partial charge in [0, 0.05) is 17.5 Å². The van der Waals surface area contributed by atoms with E-state index in [1.54, 1.807) is 0 Å². The lowest BCUT2D eigenvalue weighted by atomic mass is 10.1. The number of hydrogen-bond acceptors (Lipinski definition) is 2. The first kappa shape index (κ1) is 11.9. The van der Waals surface area contributed by atoms with Gasteiger partial charge in [-0.1, -0.05) is 35.9 Å². The minimum atomic E-state index is 0.556. The number of benzene rings is 2. The molecular weight excluding hydrogens is 232 g/mol. The number of aryl methyl sites for hydroxylation is 1. The highest BCUT2D eigenvalue weighted by molar-refractivity contribution is 5.82. The van der Waals surface area contributed by atoms with Crippen LogP contribution in [-0.2, 0) is 6.54 Å². The van der Waals surface area contributed by atoms with Crippen LogP contribution in [0.4, 0.5) is 0 Å². The minimum Gasteiger partial charge on any atom is -0.326 e. The number of nitrogens with two attached hydrogens (primary N) is 1. The molecule has 0 atom stereocenters. The maximum atomic E-state index is 5.68. The van der Waals surface area contributed by atoms with Gasteiger partial charge >= 0.3 is 0 Å². The van der Waals surface area contributed by atoms with Crippen LogP contribution in [0.3, 0.4) is 0 Å². The lowest BCUT2D eigenvalue weighted by Gasteiger charge is -2.05. The van der Waals surface area contributed by atoms with Gasteiger partial charge in [-0.3, -0.25) is 0 Å². The Hall–Kier alpha value is -2.19. The molecular formula is C17H16N2. The van der Waals surface area contributed by atoms with Crippen molar-refractivity contribution in [2.75, 3.05) is 0 Å². The van der Waals surface area contributed by atoms with E-state index in [2.05, 4.69) is 49.4 Å². The first-order valence-corrected chi connectivity index (χ1v) is 6.43. The summed E-state index contributed by atoms with van der Waals surface area (Å²) >= 11 is 0. The Kier molecular flexibility index (Phi) is 3.02. The molecule has 0 amide bonds. The monoisotopic (exact) mass is 248 g/mol. The molecule has 2 nitrogen and oxygen atoms in total. The molecule has 3 rings (SSSR count). The zero-order chi connectivity index (χ0) is 13.2. The highest BCUT2D eigenvalue weighted by Crippen LogP contribution is 2.22. The third-order valence-corrected chi connectivity index (χ3v) is 3.30. The van der Waals surface area contributed by atoms with Gasteiger partial charge in [0.2, 0.25) is 0 Å². The number of nitrogens with zero attached hydrogens (tertiary/aromatic N) is 1. The van der Waals surface area contributed by atoms with E-state index in [0.717, 1.165) is 22.3 Å². The van der Waals surface area contributed by atoms with E-state index in [-0.39, 0.29) is 0 Å². The standard InChI is InChI=1S/C17H16N2/c1-12-5-7-16-15(9-12)6-8-17(19-16)14-4-2-3-13(10-14)11-18/h2-10H,11,18H2,1H3. The first-order chi connectivity index (χ1) is 9.26. The van der Waals surface area contributed by atoms with Crippen molar-refractivity contribution < 1.29 is 0 Å². The Morgan fingerprint density at radius 2 is 1.89 bits per heavy atom. The molecule has 0 aliphatic rings. The molecule has 19 heavy (non-hydrogen) atoms. The van der Waals surface area contributed by atoms with E-state index in [4.69, 9.17) is 10.7 Å². The van der Waals surface area contributed by atoms with Gasteiger partial charge in [-0.25, -0.2) is 4.98 Å². The molecule has 0 aliphatic carbocycles. The Bertz CT molecular complexity index is 732. The third kappa shape index (κ3) is 2.35. The third-order valence-electron chi connectivity index (χ3n) is 3.30. The van der Waals surface area contributed by atoms with Gasteiger partial charge in [0.05, 0.1) is 11.2 Å². The molecule has 0 aliphatic heterocycles. The van der Waals surface area contributed by atoms with Crippen LogP contribution in [-0.4, -0.2) is 4.98 Å². The summed E-state index contributed by atoms with van der Waals surface area (Å²) in [6, 6.07) is 18.7. The Morgan fingerprint density at radius 3 is 2.74 bits per heavy atom. The second kappa shape index (κ2) is 4.82. The van der Waals surface area contributed by atoms with Crippen LogP contribution in [0.5, 0.6) is 0 Å². The second-order valence-corrected chi connectivity index (χ2v) is 4.80. The van der Waals surface area contributed by atoms with Crippen molar-refractivity contribution in [1.82, 2.24) is 4.98 Å². The van der Waals surface area contributed by atoms with Crippen LogP contribution < -0.4 is 5.73 Å². The van der Waals surface area contributed by atoms with Crippen LogP contribution >= 0.6 is 0 Å². The van der Waals surface area contributed by atoms with Gasteiger partial charge in [0.1, 0.15) is 0 Å². The van der Waals surface area contributed by atoms with Crippen LogP contribution in [0.15, 0.2) is 54.6 Å². The molecule has 2 N–H and O–H groups in total. The Balaban J connectivity index is 2.12. The van der Waals surface area contributed by atoms with Crippen molar-refractivity contribution in [3.05, 3.63) is 65.7 Å². The lowest BCUT2D eigenvalue weighted by Crippen LogP contribution is -1.96. The summed E-state index contributed by atoms with van der Waals surface area (Å²) in [6.45, 7) is 2.65. The van der Waals surface area contributed by atoms with Gasteiger partial charge in [-0.05, 0) is 36.8 Å². The summed E-state index contributed by atoms with van der Waals surface area (Å²) in [4.78, 5) is 4.72.